The highest BCUT2D eigenvalue weighted by Gasteiger charge is 2.61. The maximum atomic E-state index is 13.1. The quantitative estimate of drug-likeness (QED) is 0.466. The van der Waals surface area contributed by atoms with Gasteiger partial charge in [-0.3, -0.25) is 9.59 Å². The van der Waals surface area contributed by atoms with Gasteiger partial charge in [0, 0.05) is 31.7 Å². The maximum Gasteiger partial charge on any atom is 0.416 e. The van der Waals surface area contributed by atoms with Crippen molar-refractivity contribution in [2.75, 3.05) is 20.3 Å². The molecule has 1 aromatic rings. The highest BCUT2D eigenvalue weighted by molar-refractivity contribution is 5.94. The number of fused-ring (bicyclic) bond motifs is 1. The normalized spacial score (nSPS) is 29.9. The first kappa shape index (κ1) is 27.5. The van der Waals surface area contributed by atoms with Crippen LogP contribution in [-0.4, -0.2) is 48.8 Å². The van der Waals surface area contributed by atoms with Gasteiger partial charge in [0.15, 0.2) is 0 Å². The topological polar surface area (TPSA) is 87.7 Å². The summed E-state index contributed by atoms with van der Waals surface area (Å²) in [6, 6.07) is 3.94. The zero-order valence-electron chi connectivity index (χ0n) is 20.9. The summed E-state index contributed by atoms with van der Waals surface area (Å²) in [7, 11) is 1.56. The van der Waals surface area contributed by atoms with Gasteiger partial charge >= 0.3 is 6.18 Å². The van der Waals surface area contributed by atoms with Gasteiger partial charge in [0.1, 0.15) is 0 Å². The summed E-state index contributed by atoms with van der Waals surface area (Å²) in [5.74, 6) is -0.449. The Labute approximate surface area is 205 Å². The number of hydrogen-bond donors (Lipinski definition) is 3. The van der Waals surface area contributed by atoms with Crippen molar-refractivity contribution in [2.45, 2.75) is 77.1 Å². The lowest BCUT2D eigenvalue weighted by Crippen LogP contribution is -2.52. The molecule has 1 aromatic carbocycles. The predicted molar refractivity (Wildman–Crippen MR) is 126 cm³/mol. The van der Waals surface area contributed by atoms with Gasteiger partial charge in [0.2, 0.25) is 5.91 Å². The van der Waals surface area contributed by atoms with Gasteiger partial charge in [0.25, 0.3) is 5.91 Å². The monoisotopic (exact) mass is 498 g/mol. The number of alkyl halides is 3. The van der Waals surface area contributed by atoms with Crippen LogP contribution in [0.1, 0.15) is 75.2 Å². The van der Waals surface area contributed by atoms with E-state index >= 15 is 0 Å². The highest BCUT2D eigenvalue weighted by Crippen LogP contribution is 2.63. The lowest BCUT2D eigenvalue weighted by Gasteiger charge is -2.50. The standard InChI is InChI=1S/C26H37F3N2O4/c1-23(2)16-20(31-22(33)17-5-7-18(8-6-17)26(27,28)29)25(10-9-21(32)30-13-14-35-4)12-11-24(3,34)15-19(23)25/h5-8,19-20,34H,9-16H2,1-4H3,(H,30,32)(H,31,33)/t19-,20-,24-,25-/m0/s1. The lowest BCUT2D eigenvalue weighted by atomic mass is 9.57. The number of amides is 2. The number of nitrogens with one attached hydrogen (secondary N) is 2. The number of ether oxygens (including phenoxy) is 1. The Morgan fingerprint density at radius 3 is 2.37 bits per heavy atom. The molecule has 0 spiro atoms. The molecular formula is C26H37F3N2O4. The van der Waals surface area contributed by atoms with Crippen LogP contribution in [0.4, 0.5) is 13.2 Å². The van der Waals surface area contributed by atoms with E-state index in [4.69, 9.17) is 4.74 Å². The number of carbonyl (C=O) groups is 2. The maximum absolute atomic E-state index is 13.1. The summed E-state index contributed by atoms with van der Waals surface area (Å²) in [6.07, 6.45) is -1.21. The molecule has 3 rings (SSSR count). The summed E-state index contributed by atoms with van der Waals surface area (Å²) in [4.78, 5) is 25.6. The van der Waals surface area contributed by atoms with Crippen LogP contribution in [0.3, 0.4) is 0 Å². The number of rotatable bonds is 8. The molecule has 0 radical (unpaired) electrons. The van der Waals surface area contributed by atoms with Crippen molar-refractivity contribution in [3.63, 3.8) is 0 Å². The minimum atomic E-state index is -4.47. The van der Waals surface area contributed by atoms with Crippen LogP contribution in [0.5, 0.6) is 0 Å². The number of hydrogen-bond acceptors (Lipinski definition) is 4. The van der Waals surface area contributed by atoms with E-state index in [1.807, 2.05) is 6.92 Å². The van der Waals surface area contributed by atoms with E-state index in [0.717, 1.165) is 12.1 Å². The van der Waals surface area contributed by atoms with Gasteiger partial charge in [-0.1, -0.05) is 13.8 Å². The van der Waals surface area contributed by atoms with Crippen LogP contribution >= 0.6 is 0 Å². The number of methoxy groups -OCH3 is 1. The van der Waals surface area contributed by atoms with Crippen molar-refractivity contribution in [3.8, 4) is 0 Å². The van der Waals surface area contributed by atoms with Crippen molar-refractivity contribution in [3.05, 3.63) is 35.4 Å². The molecule has 0 aliphatic heterocycles. The number of benzene rings is 1. The Hall–Kier alpha value is -2.13. The van der Waals surface area contributed by atoms with E-state index in [9.17, 15) is 27.9 Å². The van der Waals surface area contributed by atoms with Gasteiger partial charge < -0.3 is 20.5 Å². The number of carbonyl (C=O) groups excluding carboxylic acids is 2. The molecule has 2 amide bonds. The molecule has 0 saturated heterocycles. The number of aliphatic hydroxyl groups is 1. The van der Waals surface area contributed by atoms with Crippen LogP contribution in [-0.2, 0) is 15.7 Å². The largest absolute Gasteiger partial charge is 0.416 e. The molecule has 0 heterocycles. The summed E-state index contributed by atoms with van der Waals surface area (Å²) in [5, 5.41) is 16.8. The minimum Gasteiger partial charge on any atom is -0.390 e. The van der Waals surface area contributed by atoms with Crippen LogP contribution in [0.15, 0.2) is 24.3 Å². The van der Waals surface area contributed by atoms with Gasteiger partial charge in [-0.15, -0.1) is 0 Å². The molecule has 6 nitrogen and oxygen atoms in total. The fraction of sp³-hybridized carbons (Fsp3) is 0.692. The second-order valence-corrected chi connectivity index (χ2v) is 11.1. The predicted octanol–water partition coefficient (Wildman–Crippen LogP) is 4.31. The van der Waals surface area contributed by atoms with Gasteiger partial charge in [0.05, 0.1) is 17.8 Å². The SMILES string of the molecule is COCCNC(=O)CC[C@]12CC[C@](C)(O)C[C@H]1C(C)(C)C[C@@H]2NC(=O)c1ccc(C(F)(F)F)cc1. The van der Waals surface area contributed by atoms with Gasteiger partial charge in [-0.2, -0.15) is 13.2 Å². The van der Waals surface area contributed by atoms with E-state index in [0.29, 0.717) is 45.3 Å². The molecule has 35 heavy (non-hydrogen) atoms. The third-order valence-corrected chi connectivity index (χ3v) is 8.06. The van der Waals surface area contributed by atoms with Crippen LogP contribution in [0, 0.1) is 16.7 Å². The summed E-state index contributed by atoms with van der Waals surface area (Å²) in [5.41, 5.74) is -2.06. The zero-order chi connectivity index (χ0) is 26.1. The lowest BCUT2D eigenvalue weighted by molar-refractivity contribution is -0.137. The van der Waals surface area contributed by atoms with Gasteiger partial charge in [-0.05, 0) is 80.0 Å². The molecule has 4 atom stereocenters. The first-order valence-corrected chi connectivity index (χ1v) is 12.2. The molecule has 3 N–H and O–H groups in total. The second-order valence-electron chi connectivity index (χ2n) is 11.1. The molecular weight excluding hydrogens is 461 g/mol. The minimum absolute atomic E-state index is 0.0726. The molecule has 9 heteroatoms. The van der Waals surface area contributed by atoms with E-state index in [2.05, 4.69) is 24.5 Å². The third kappa shape index (κ3) is 6.17. The number of halogens is 3. The fourth-order valence-electron chi connectivity index (χ4n) is 6.21. The first-order valence-electron chi connectivity index (χ1n) is 12.2. The molecule has 2 saturated carbocycles. The van der Waals surface area contributed by atoms with Crippen LogP contribution in [0.2, 0.25) is 0 Å². The zero-order valence-corrected chi connectivity index (χ0v) is 20.9. The fourth-order valence-corrected chi connectivity index (χ4v) is 6.21. The molecule has 2 fully saturated rings. The Morgan fingerprint density at radius 2 is 1.77 bits per heavy atom. The third-order valence-electron chi connectivity index (χ3n) is 8.06. The van der Waals surface area contributed by atoms with E-state index in [1.165, 1.54) is 12.1 Å². The highest BCUT2D eigenvalue weighted by atomic mass is 19.4. The molecule has 2 aliphatic rings. The summed E-state index contributed by atoms with van der Waals surface area (Å²) < 4.78 is 43.7. The van der Waals surface area contributed by atoms with E-state index in [-0.39, 0.29) is 35.3 Å². The second kappa shape index (κ2) is 10.1. The average molecular weight is 499 g/mol. The van der Waals surface area contributed by atoms with Gasteiger partial charge in [-0.25, -0.2) is 0 Å². The smallest absolute Gasteiger partial charge is 0.390 e. The van der Waals surface area contributed by atoms with Crippen molar-refractivity contribution in [1.29, 1.82) is 0 Å². The van der Waals surface area contributed by atoms with E-state index in [1.54, 1.807) is 7.11 Å². The Bertz CT molecular complexity index is 914. The molecule has 0 unspecified atom stereocenters. The average Bonchev–Trinajstić information content (AvgIpc) is 2.97. The van der Waals surface area contributed by atoms with E-state index < -0.39 is 28.7 Å². The molecule has 0 bridgehead atoms. The Kier molecular flexibility index (Phi) is 7.91. The van der Waals surface area contributed by atoms with Crippen LogP contribution in [0.25, 0.3) is 0 Å². The summed E-state index contributed by atoms with van der Waals surface area (Å²) >= 11 is 0. The molecule has 2 aliphatic carbocycles. The summed E-state index contributed by atoms with van der Waals surface area (Å²) in [6.45, 7) is 6.91. The van der Waals surface area contributed by atoms with Crippen LogP contribution < -0.4 is 10.6 Å². The molecule has 196 valence electrons. The van der Waals surface area contributed by atoms with Crippen molar-refractivity contribution in [2.24, 2.45) is 16.7 Å². The van der Waals surface area contributed by atoms with Crippen molar-refractivity contribution < 1.29 is 32.6 Å². The molecule has 0 aromatic heterocycles. The van der Waals surface area contributed by atoms with Crippen molar-refractivity contribution >= 4 is 11.8 Å². The Balaban J connectivity index is 1.82. The van der Waals surface area contributed by atoms with Crippen molar-refractivity contribution in [1.82, 2.24) is 10.6 Å². The first-order chi connectivity index (χ1) is 16.2. The Morgan fingerprint density at radius 1 is 1.11 bits per heavy atom.